The first kappa shape index (κ1) is 14.4. The lowest BCUT2D eigenvalue weighted by Gasteiger charge is -2.52. The summed E-state index contributed by atoms with van der Waals surface area (Å²) in [4.78, 5) is 0. The molecule has 1 saturated carbocycles. The smallest absolute Gasteiger partial charge is 0.118 e. The summed E-state index contributed by atoms with van der Waals surface area (Å²) in [6, 6.07) is 7.91. The summed E-state index contributed by atoms with van der Waals surface area (Å²) in [5.41, 5.74) is 0.0540. The third kappa shape index (κ3) is 2.14. The summed E-state index contributed by atoms with van der Waals surface area (Å²) in [6.45, 7) is 1.71. The standard InChI is InChI=1S/C17H22O4/c1-17(19)11-8-13(10-4-6-12(20-2)7-5-10)15(16(17)18)14(9-11)21-3/h4-7,9,11,13,15-16,18-19H,8H2,1-3H3. The minimum Gasteiger partial charge on any atom is -0.501 e. The fourth-order valence-corrected chi connectivity index (χ4v) is 3.76. The molecule has 4 heteroatoms. The van der Waals surface area contributed by atoms with Gasteiger partial charge in [-0.2, -0.15) is 0 Å². The molecule has 0 radical (unpaired) electrons. The molecule has 2 N–H and O–H groups in total. The molecule has 1 fully saturated rings. The van der Waals surface area contributed by atoms with E-state index >= 15 is 0 Å². The number of methoxy groups -OCH3 is 2. The Kier molecular flexibility index (Phi) is 3.46. The molecule has 0 aromatic heterocycles. The summed E-state index contributed by atoms with van der Waals surface area (Å²) >= 11 is 0. The summed E-state index contributed by atoms with van der Waals surface area (Å²) in [5, 5.41) is 21.1. The second kappa shape index (κ2) is 5.04. The monoisotopic (exact) mass is 290 g/mol. The van der Waals surface area contributed by atoms with Crippen molar-refractivity contribution in [2.75, 3.05) is 14.2 Å². The van der Waals surface area contributed by atoms with Crippen molar-refractivity contribution in [1.82, 2.24) is 0 Å². The maximum absolute atomic E-state index is 10.6. The Bertz CT molecular complexity index is 546. The van der Waals surface area contributed by atoms with Gasteiger partial charge in [0, 0.05) is 5.92 Å². The number of ether oxygens (including phenoxy) is 2. The number of aliphatic hydroxyl groups excluding tert-OH is 1. The largest absolute Gasteiger partial charge is 0.501 e. The zero-order valence-corrected chi connectivity index (χ0v) is 12.6. The highest BCUT2D eigenvalue weighted by molar-refractivity contribution is 5.35. The first-order valence-electron chi connectivity index (χ1n) is 7.29. The molecule has 3 aliphatic rings. The van der Waals surface area contributed by atoms with E-state index < -0.39 is 11.7 Å². The van der Waals surface area contributed by atoms with Crippen LogP contribution >= 0.6 is 0 Å². The molecular weight excluding hydrogens is 268 g/mol. The maximum Gasteiger partial charge on any atom is 0.118 e. The molecule has 0 spiro atoms. The van der Waals surface area contributed by atoms with Crippen molar-refractivity contribution in [2.24, 2.45) is 11.8 Å². The quantitative estimate of drug-likeness (QED) is 0.895. The van der Waals surface area contributed by atoms with Crippen LogP contribution in [-0.4, -0.2) is 36.1 Å². The Morgan fingerprint density at radius 1 is 1.14 bits per heavy atom. The van der Waals surface area contributed by atoms with Gasteiger partial charge < -0.3 is 19.7 Å². The van der Waals surface area contributed by atoms with Gasteiger partial charge >= 0.3 is 0 Å². The zero-order chi connectivity index (χ0) is 15.2. The van der Waals surface area contributed by atoms with Gasteiger partial charge in [-0.05, 0) is 43.0 Å². The van der Waals surface area contributed by atoms with Crippen LogP contribution in [0.5, 0.6) is 5.75 Å². The maximum atomic E-state index is 10.6. The van der Waals surface area contributed by atoms with Crippen molar-refractivity contribution >= 4 is 0 Å². The predicted molar refractivity (Wildman–Crippen MR) is 79.1 cm³/mol. The molecule has 4 rings (SSSR count). The molecule has 5 unspecified atom stereocenters. The molecule has 21 heavy (non-hydrogen) atoms. The molecule has 114 valence electrons. The number of benzene rings is 1. The summed E-state index contributed by atoms with van der Waals surface area (Å²) in [6.07, 6.45) is 1.97. The Hall–Kier alpha value is -1.52. The lowest BCUT2D eigenvalue weighted by atomic mass is 9.58. The molecule has 4 nitrogen and oxygen atoms in total. The predicted octanol–water partition coefficient (Wildman–Crippen LogP) is 2.07. The van der Waals surface area contributed by atoms with E-state index in [9.17, 15) is 10.2 Å². The van der Waals surface area contributed by atoms with E-state index in [0.717, 1.165) is 23.5 Å². The second-order valence-electron chi connectivity index (χ2n) is 6.19. The number of hydrogen-bond donors (Lipinski definition) is 2. The molecule has 5 atom stereocenters. The van der Waals surface area contributed by atoms with E-state index in [-0.39, 0.29) is 17.8 Å². The molecule has 1 aromatic rings. The minimum atomic E-state index is -1.09. The average molecular weight is 290 g/mol. The minimum absolute atomic E-state index is 0.0976. The second-order valence-corrected chi connectivity index (χ2v) is 6.19. The van der Waals surface area contributed by atoms with Gasteiger partial charge in [-0.25, -0.2) is 0 Å². The van der Waals surface area contributed by atoms with Gasteiger partial charge in [0.15, 0.2) is 0 Å². The van der Waals surface area contributed by atoms with Crippen molar-refractivity contribution in [1.29, 1.82) is 0 Å². The molecule has 3 aliphatic carbocycles. The van der Waals surface area contributed by atoms with Gasteiger partial charge in [0.05, 0.1) is 37.6 Å². The molecule has 0 heterocycles. The van der Waals surface area contributed by atoms with Crippen molar-refractivity contribution in [3.63, 3.8) is 0 Å². The van der Waals surface area contributed by atoms with E-state index in [1.807, 2.05) is 30.3 Å². The number of hydrogen-bond acceptors (Lipinski definition) is 4. The average Bonchev–Trinajstić information content (AvgIpc) is 2.51. The van der Waals surface area contributed by atoms with Crippen LogP contribution < -0.4 is 4.74 Å². The number of aliphatic hydroxyl groups is 2. The lowest BCUT2D eigenvalue weighted by molar-refractivity contribution is -0.154. The van der Waals surface area contributed by atoms with Crippen molar-refractivity contribution in [3.05, 3.63) is 41.7 Å². The third-order valence-electron chi connectivity index (χ3n) is 5.10. The first-order valence-corrected chi connectivity index (χ1v) is 7.29. The van der Waals surface area contributed by atoms with Crippen LogP contribution in [-0.2, 0) is 4.74 Å². The van der Waals surface area contributed by atoms with Crippen LogP contribution in [0, 0.1) is 11.8 Å². The first-order chi connectivity index (χ1) is 9.98. The Labute approximate surface area is 125 Å². The Balaban J connectivity index is 1.97. The van der Waals surface area contributed by atoms with Crippen LogP contribution in [0.15, 0.2) is 36.1 Å². The highest BCUT2D eigenvalue weighted by atomic mass is 16.5. The molecular formula is C17H22O4. The number of rotatable bonds is 3. The fraction of sp³-hybridized carbons (Fsp3) is 0.529. The van der Waals surface area contributed by atoms with E-state index in [1.165, 1.54) is 0 Å². The summed E-state index contributed by atoms with van der Waals surface area (Å²) in [7, 11) is 3.27. The van der Waals surface area contributed by atoms with Gasteiger partial charge in [-0.1, -0.05) is 12.1 Å². The SMILES string of the molecule is COC1=CC2CC(c3ccc(OC)cc3)C1C(O)C2(C)O. The van der Waals surface area contributed by atoms with Crippen LogP contribution in [0.25, 0.3) is 0 Å². The lowest BCUT2D eigenvalue weighted by Crippen LogP contribution is -2.58. The summed E-state index contributed by atoms with van der Waals surface area (Å²) in [5.74, 6) is 1.44. The fourth-order valence-electron chi connectivity index (χ4n) is 3.76. The van der Waals surface area contributed by atoms with Crippen molar-refractivity contribution in [3.8, 4) is 5.75 Å². The van der Waals surface area contributed by atoms with Crippen LogP contribution in [0.4, 0.5) is 0 Å². The third-order valence-corrected chi connectivity index (χ3v) is 5.10. The van der Waals surface area contributed by atoms with E-state index in [0.29, 0.717) is 0 Å². The molecule has 2 bridgehead atoms. The van der Waals surface area contributed by atoms with Crippen LogP contribution in [0.3, 0.4) is 0 Å². The number of fused-ring (bicyclic) bond motifs is 2. The van der Waals surface area contributed by atoms with Crippen molar-refractivity contribution in [2.45, 2.75) is 31.0 Å². The van der Waals surface area contributed by atoms with Crippen LogP contribution in [0.2, 0.25) is 0 Å². The van der Waals surface area contributed by atoms with Gasteiger partial charge in [-0.15, -0.1) is 0 Å². The molecule has 0 aliphatic heterocycles. The summed E-state index contributed by atoms with van der Waals surface area (Å²) < 4.78 is 10.6. The molecule has 0 amide bonds. The van der Waals surface area contributed by atoms with Crippen molar-refractivity contribution < 1.29 is 19.7 Å². The Morgan fingerprint density at radius 3 is 2.33 bits per heavy atom. The topological polar surface area (TPSA) is 58.9 Å². The van der Waals surface area contributed by atoms with Crippen LogP contribution in [0.1, 0.15) is 24.8 Å². The van der Waals surface area contributed by atoms with E-state index in [1.54, 1.807) is 21.1 Å². The highest BCUT2D eigenvalue weighted by Gasteiger charge is 2.55. The molecule has 1 aromatic carbocycles. The van der Waals surface area contributed by atoms with Gasteiger partial charge in [-0.3, -0.25) is 0 Å². The Morgan fingerprint density at radius 2 is 1.81 bits per heavy atom. The highest BCUT2D eigenvalue weighted by Crippen LogP contribution is 2.53. The molecule has 0 saturated heterocycles. The van der Waals surface area contributed by atoms with E-state index in [4.69, 9.17) is 9.47 Å². The zero-order valence-electron chi connectivity index (χ0n) is 12.6. The normalized spacial score (nSPS) is 38.0. The van der Waals surface area contributed by atoms with Gasteiger partial charge in [0.25, 0.3) is 0 Å². The van der Waals surface area contributed by atoms with Gasteiger partial charge in [0.2, 0.25) is 0 Å². The van der Waals surface area contributed by atoms with E-state index in [2.05, 4.69) is 0 Å². The van der Waals surface area contributed by atoms with Gasteiger partial charge in [0.1, 0.15) is 5.75 Å².